The fraction of sp³-hybridized carbons (Fsp3) is 1.00. The summed E-state index contributed by atoms with van der Waals surface area (Å²) in [6.45, 7) is 11.9. The molecule has 0 aromatic heterocycles. The third kappa shape index (κ3) is 6.48. The monoisotopic (exact) mass is 240 g/mol. The highest BCUT2D eigenvalue weighted by Crippen LogP contribution is 2.39. The molecule has 0 radical (unpaired) electrons. The third-order valence-electron chi connectivity index (χ3n) is 5.00. The molecule has 0 saturated carbocycles. The van der Waals surface area contributed by atoms with Gasteiger partial charge in [-0.2, -0.15) is 0 Å². The van der Waals surface area contributed by atoms with Gasteiger partial charge in [-0.05, 0) is 17.8 Å². The molecule has 104 valence electrons. The molecular formula is C17H36. The second-order valence-electron chi connectivity index (χ2n) is 6.02. The Hall–Kier alpha value is 0. The van der Waals surface area contributed by atoms with Crippen LogP contribution in [0.4, 0.5) is 0 Å². The van der Waals surface area contributed by atoms with Crippen molar-refractivity contribution in [1.82, 2.24) is 0 Å². The van der Waals surface area contributed by atoms with Crippen molar-refractivity contribution in [1.29, 1.82) is 0 Å². The molecule has 0 rings (SSSR count). The van der Waals surface area contributed by atoms with Crippen LogP contribution in [0.5, 0.6) is 0 Å². The summed E-state index contributed by atoms with van der Waals surface area (Å²) in [7, 11) is 0. The fourth-order valence-corrected chi connectivity index (χ4v) is 3.04. The van der Waals surface area contributed by atoms with Gasteiger partial charge < -0.3 is 0 Å². The van der Waals surface area contributed by atoms with Crippen LogP contribution in [0.25, 0.3) is 0 Å². The van der Waals surface area contributed by atoms with E-state index in [1.807, 2.05) is 0 Å². The van der Waals surface area contributed by atoms with Gasteiger partial charge in [-0.25, -0.2) is 0 Å². The van der Waals surface area contributed by atoms with Crippen LogP contribution < -0.4 is 0 Å². The molecule has 0 amide bonds. The Bertz CT molecular complexity index is 155. The Balaban J connectivity index is 3.82. The minimum absolute atomic E-state index is 0.595. The van der Waals surface area contributed by atoms with Gasteiger partial charge in [0.05, 0.1) is 0 Å². The summed E-state index contributed by atoms with van der Waals surface area (Å²) >= 11 is 0. The van der Waals surface area contributed by atoms with Crippen molar-refractivity contribution < 1.29 is 0 Å². The van der Waals surface area contributed by atoms with Crippen molar-refractivity contribution in [2.45, 2.75) is 98.8 Å². The number of unbranched alkanes of at least 4 members (excludes halogenated alkanes) is 5. The zero-order chi connectivity index (χ0) is 13.1. The topological polar surface area (TPSA) is 0 Å². The SMILES string of the molecule is CCCCCCCCC(CC)C(C)(CC)CC. The quantitative estimate of drug-likeness (QED) is 0.357. The summed E-state index contributed by atoms with van der Waals surface area (Å²) in [6, 6.07) is 0. The molecule has 17 heavy (non-hydrogen) atoms. The first-order chi connectivity index (χ1) is 8.14. The van der Waals surface area contributed by atoms with E-state index in [4.69, 9.17) is 0 Å². The van der Waals surface area contributed by atoms with E-state index in [-0.39, 0.29) is 0 Å². The molecule has 0 heteroatoms. The molecule has 1 atom stereocenters. The van der Waals surface area contributed by atoms with Crippen LogP contribution in [0.2, 0.25) is 0 Å². The van der Waals surface area contributed by atoms with Crippen molar-refractivity contribution in [3.63, 3.8) is 0 Å². The average molecular weight is 240 g/mol. The standard InChI is InChI=1S/C17H36/c1-6-10-11-12-13-14-15-16(7-2)17(5,8-3)9-4/h16H,6-15H2,1-5H3. The van der Waals surface area contributed by atoms with E-state index in [9.17, 15) is 0 Å². The number of rotatable bonds is 11. The molecule has 0 aromatic rings. The van der Waals surface area contributed by atoms with Gasteiger partial charge in [-0.3, -0.25) is 0 Å². The van der Waals surface area contributed by atoms with E-state index in [2.05, 4.69) is 34.6 Å². The molecule has 1 unspecified atom stereocenters. The molecule has 0 aliphatic carbocycles. The molecule has 0 nitrogen and oxygen atoms in total. The normalized spacial score (nSPS) is 13.9. The van der Waals surface area contributed by atoms with Crippen LogP contribution in [-0.4, -0.2) is 0 Å². The highest BCUT2D eigenvalue weighted by atomic mass is 14.3. The Kier molecular flexibility index (Phi) is 9.97. The van der Waals surface area contributed by atoms with Gasteiger partial charge >= 0.3 is 0 Å². The lowest BCUT2D eigenvalue weighted by molar-refractivity contribution is 0.149. The Labute approximate surface area is 111 Å². The minimum atomic E-state index is 0.595. The van der Waals surface area contributed by atoms with Crippen molar-refractivity contribution >= 4 is 0 Å². The maximum absolute atomic E-state index is 2.50. The highest BCUT2D eigenvalue weighted by molar-refractivity contribution is 4.79. The average Bonchev–Trinajstić information content (AvgIpc) is 2.37. The summed E-state index contributed by atoms with van der Waals surface area (Å²) in [4.78, 5) is 0. The van der Waals surface area contributed by atoms with Gasteiger partial charge in [0.15, 0.2) is 0 Å². The molecule has 0 spiro atoms. The van der Waals surface area contributed by atoms with Crippen LogP contribution >= 0.6 is 0 Å². The van der Waals surface area contributed by atoms with E-state index in [0.29, 0.717) is 5.41 Å². The van der Waals surface area contributed by atoms with Gasteiger partial charge in [0.1, 0.15) is 0 Å². The minimum Gasteiger partial charge on any atom is -0.0654 e. The molecule has 0 aliphatic rings. The smallest absolute Gasteiger partial charge is 0.0303 e. The lowest BCUT2D eigenvalue weighted by Crippen LogP contribution is -2.25. The molecule has 0 fully saturated rings. The number of hydrogen-bond donors (Lipinski definition) is 0. The molecule has 0 bridgehead atoms. The van der Waals surface area contributed by atoms with E-state index in [1.54, 1.807) is 0 Å². The predicted octanol–water partition coefficient (Wildman–Crippen LogP) is 6.59. The second-order valence-corrected chi connectivity index (χ2v) is 6.02. The molecule has 0 saturated heterocycles. The zero-order valence-corrected chi connectivity index (χ0v) is 13.1. The van der Waals surface area contributed by atoms with E-state index in [1.165, 1.54) is 64.2 Å². The summed E-state index contributed by atoms with van der Waals surface area (Å²) < 4.78 is 0. The van der Waals surface area contributed by atoms with E-state index >= 15 is 0 Å². The Morgan fingerprint density at radius 3 is 1.76 bits per heavy atom. The lowest BCUT2D eigenvalue weighted by atomic mass is 9.70. The van der Waals surface area contributed by atoms with Gasteiger partial charge in [0.2, 0.25) is 0 Å². The molecule has 0 heterocycles. The largest absolute Gasteiger partial charge is 0.0654 e. The Morgan fingerprint density at radius 1 is 0.765 bits per heavy atom. The van der Waals surface area contributed by atoms with Crippen LogP contribution in [-0.2, 0) is 0 Å². The zero-order valence-electron chi connectivity index (χ0n) is 13.1. The third-order valence-corrected chi connectivity index (χ3v) is 5.00. The second kappa shape index (κ2) is 9.97. The molecule has 0 aromatic carbocycles. The van der Waals surface area contributed by atoms with Crippen LogP contribution in [0.1, 0.15) is 98.8 Å². The summed E-state index contributed by atoms with van der Waals surface area (Å²) in [5, 5.41) is 0. The van der Waals surface area contributed by atoms with Gasteiger partial charge in [-0.15, -0.1) is 0 Å². The molecule has 0 aliphatic heterocycles. The Morgan fingerprint density at radius 2 is 1.29 bits per heavy atom. The van der Waals surface area contributed by atoms with Crippen molar-refractivity contribution in [3.8, 4) is 0 Å². The fourth-order valence-electron chi connectivity index (χ4n) is 3.04. The van der Waals surface area contributed by atoms with Crippen LogP contribution in [0.15, 0.2) is 0 Å². The van der Waals surface area contributed by atoms with Crippen LogP contribution in [0, 0.1) is 11.3 Å². The van der Waals surface area contributed by atoms with Crippen molar-refractivity contribution in [3.05, 3.63) is 0 Å². The summed E-state index contributed by atoms with van der Waals surface area (Å²) in [5.41, 5.74) is 0.595. The first-order valence-electron chi connectivity index (χ1n) is 8.14. The van der Waals surface area contributed by atoms with Gasteiger partial charge in [0, 0.05) is 0 Å². The lowest BCUT2D eigenvalue weighted by Gasteiger charge is -2.36. The van der Waals surface area contributed by atoms with Crippen LogP contribution in [0.3, 0.4) is 0 Å². The van der Waals surface area contributed by atoms with Crippen molar-refractivity contribution in [2.24, 2.45) is 11.3 Å². The maximum Gasteiger partial charge on any atom is -0.0303 e. The molecular weight excluding hydrogens is 204 g/mol. The van der Waals surface area contributed by atoms with E-state index in [0.717, 1.165) is 5.92 Å². The predicted molar refractivity (Wildman–Crippen MR) is 80.5 cm³/mol. The highest BCUT2D eigenvalue weighted by Gasteiger charge is 2.28. The first-order valence-corrected chi connectivity index (χ1v) is 8.14. The summed E-state index contributed by atoms with van der Waals surface area (Å²) in [6.07, 6.45) is 14.1. The summed E-state index contributed by atoms with van der Waals surface area (Å²) in [5.74, 6) is 0.948. The van der Waals surface area contributed by atoms with Gasteiger partial charge in [0.25, 0.3) is 0 Å². The maximum atomic E-state index is 2.50. The van der Waals surface area contributed by atoms with E-state index < -0.39 is 0 Å². The van der Waals surface area contributed by atoms with Crippen molar-refractivity contribution in [2.75, 3.05) is 0 Å². The van der Waals surface area contributed by atoms with Gasteiger partial charge in [-0.1, -0.05) is 92.4 Å². The first kappa shape index (κ1) is 17.0. The molecule has 0 N–H and O–H groups in total. The number of hydrogen-bond acceptors (Lipinski definition) is 0.